The van der Waals surface area contributed by atoms with E-state index in [1.807, 2.05) is 36.4 Å². The average Bonchev–Trinajstić information content (AvgIpc) is 3.17. The van der Waals surface area contributed by atoms with Gasteiger partial charge in [-0.05, 0) is 30.7 Å². The molecule has 0 saturated carbocycles. The molecule has 4 aromatic heterocycles. The summed E-state index contributed by atoms with van der Waals surface area (Å²) >= 11 is 1.46. The molecule has 0 aromatic carbocycles. The normalized spacial score (nSPS) is 12.3. The average molecular weight is 378 g/mol. The molecule has 1 atom stereocenters. The zero-order valence-electron chi connectivity index (χ0n) is 15.0. The maximum atomic E-state index is 10.7. The first-order chi connectivity index (χ1) is 13.2. The molecule has 6 nitrogen and oxygen atoms in total. The first-order valence-corrected chi connectivity index (χ1v) is 9.41. The fourth-order valence-electron chi connectivity index (χ4n) is 2.88. The largest absolute Gasteiger partial charge is 0.481 e. The third-order valence-electron chi connectivity index (χ3n) is 4.27. The summed E-state index contributed by atoms with van der Waals surface area (Å²) in [6, 6.07) is 11.2. The molecule has 0 aliphatic carbocycles. The molecule has 4 heterocycles. The predicted octanol–water partition coefficient (Wildman–Crippen LogP) is 3.80. The first-order valence-electron chi connectivity index (χ1n) is 8.59. The predicted molar refractivity (Wildman–Crippen MR) is 105 cm³/mol. The number of rotatable bonds is 5. The Morgan fingerprint density at radius 1 is 1.11 bits per heavy atom. The molecule has 0 saturated heterocycles. The lowest BCUT2D eigenvalue weighted by molar-refractivity contribution is 0.219. The van der Waals surface area contributed by atoms with Gasteiger partial charge in [0.15, 0.2) is 5.82 Å². The SMILES string of the molecule is CCc1nc(-c2ccnc(OC)c2)nc2sc(C(O)c3ccccn3)cc12. The number of aliphatic hydroxyl groups is 1. The van der Waals surface area contributed by atoms with E-state index in [4.69, 9.17) is 14.7 Å². The van der Waals surface area contributed by atoms with E-state index in [0.29, 0.717) is 17.4 Å². The van der Waals surface area contributed by atoms with Crippen LogP contribution >= 0.6 is 11.3 Å². The number of hydrogen-bond acceptors (Lipinski definition) is 7. The minimum Gasteiger partial charge on any atom is -0.481 e. The minimum absolute atomic E-state index is 0.520. The highest BCUT2D eigenvalue weighted by Crippen LogP contribution is 2.34. The summed E-state index contributed by atoms with van der Waals surface area (Å²) in [6.07, 6.45) is 3.35. The van der Waals surface area contributed by atoms with Crippen molar-refractivity contribution in [2.45, 2.75) is 19.4 Å². The number of methoxy groups -OCH3 is 1. The van der Waals surface area contributed by atoms with Crippen LogP contribution in [0, 0.1) is 0 Å². The number of fused-ring (bicyclic) bond motifs is 1. The van der Waals surface area contributed by atoms with Gasteiger partial charge in [-0.1, -0.05) is 13.0 Å². The summed E-state index contributed by atoms with van der Waals surface area (Å²) in [5.41, 5.74) is 2.41. The first kappa shape index (κ1) is 17.5. The van der Waals surface area contributed by atoms with Crippen molar-refractivity contribution < 1.29 is 9.84 Å². The minimum atomic E-state index is -0.778. The van der Waals surface area contributed by atoms with E-state index >= 15 is 0 Å². The van der Waals surface area contributed by atoms with Gasteiger partial charge in [0.05, 0.1) is 18.5 Å². The highest BCUT2D eigenvalue weighted by atomic mass is 32.1. The van der Waals surface area contributed by atoms with Crippen LogP contribution < -0.4 is 4.74 Å². The number of nitrogens with zero attached hydrogens (tertiary/aromatic N) is 4. The van der Waals surface area contributed by atoms with Gasteiger partial charge in [0, 0.05) is 34.3 Å². The van der Waals surface area contributed by atoms with Gasteiger partial charge < -0.3 is 9.84 Å². The molecule has 0 spiro atoms. The Hall–Kier alpha value is -2.90. The smallest absolute Gasteiger partial charge is 0.213 e. The van der Waals surface area contributed by atoms with E-state index in [2.05, 4.69) is 16.9 Å². The van der Waals surface area contributed by atoms with Gasteiger partial charge >= 0.3 is 0 Å². The fourth-order valence-corrected chi connectivity index (χ4v) is 3.93. The van der Waals surface area contributed by atoms with Crippen molar-refractivity contribution in [3.8, 4) is 17.3 Å². The lowest BCUT2D eigenvalue weighted by Crippen LogP contribution is -1.99. The molecular formula is C20H18N4O2S. The van der Waals surface area contributed by atoms with Crippen molar-refractivity contribution in [1.82, 2.24) is 19.9 Å². The van der Waals surface area contributed by atoms with Gasteiger partial charge in [-0.2, -0.15) is 0 Å². The Labute approximate surface area is 160 Å². The van der Waals surface area contributed by atoms with Crippen LogP contribution in [0.25, 0.3) is 21.6 Å². The Kier molecular flexibility index (Phi) is 4.79. The van der Waals surface area contributed by atoms with Gasteiger partial charge in [-0.15, -0.1) is 11.3 Å². The molecular weight excluding hydrogens is 360 g/mol. The van der Waals surface area contributed by atoms with Crippen LogP contribution in [0.4, 0.5) is 0 Å². The van der Waals surface area contributed by atoms with Gasteiger partial charge in [0.1, 0.15) is 10.9 Å². The molecule has 0 bridgehead atoms. The Balaban J connectivity index is 1.81. The van der Waals surface area contributed by atoms with E-state index in [9.17, 15) is 5.11 Å². The van der Waals surface area contributed by atoms with E-state index in [-0.39, 0.29) is 0 Å². The van der Waals surface area contributed by atoms with Crippen molar-refractivity contribution >= 4 is 21.6 Å². The number of aromatic nitrogens is 4. The fraction of sp³-hybridized carbons (Fsp3) is 0.200. The van der Waals surface area contributed by atoms with Crippen LogP contribution in [0.5, 0.6) is 5.88 Å². The van der Waals surface area contributed by atoms with Crippen LogP contribution in [-0.2, 0) is 6.42 Å². The van der Waals surface area contributed by atoms with Crippen molar-refractivity contribution in [2.75, 3.05) is 7.11 Å². The quantitative estimate of drug-likeness (QED) is 0.569. The van der Waals surface area contributed by atoms with Crippen LogP contribution in [-0.4, -0.2) is 32.2 Å². The van der Waals surface area contributed by atoms with Gasteiger partial charge in [0.2, 0.25) is 5.88 Å². The van der Waals surface area contributed by atoms with Crippen LogP contribution in [0.2, 0.25) is 0 Å². The molecule has 136 valence electrons. The Morgan fingerprint density at radius 3 is 2.74 bits per heavy atom. The number of hydrogen-bond donors (Lipinski definition) is 1. The zero-order chi connectivity index (χ0) is 18.8. The second-order valence-corrected chi connectivity index (χ2v) is 7.02. The molecule has 0 aliphatic rings. The van der Waals surface area contributed by atoms with E-state index in [1.165, 1.54) is 11.3 Å². The van der Waals surface area contributed by atoms with Gasteiger partial charge in [-0.25, -0.2) is 15.0 Å². The maximum absolute atomic E-state index is 10.7. The lowest BCUT2D eigenvalue weighted by atomic mass is 10.1. The number of pyridine rings is 2. The Bertz CT molecular complexity index is 1080. The monoisotopic (exact) mass is 378 g/mol. The second-order valence-electron chi connectivity index (χ2n) is 5.96. The molecule has 0 aliphatic heterocycles. The topological polar surface area (TPSA) is 81.0 Å². The number of aliphatic hydroxyl groups excluding tert-OH is 1. The summed E-state index contributed by atoms with van der Waals surface area (Å²) in [5, 5.41) is 11.7. The number of aryl methyl sites for hydroxylation is 1. The summed E-state index contributed by atoms with van der Waals surface area (Å²) in [5.74, 6) is 1.15. The van der Waals surface area contributed by atoms with Crippen LogP contribution in [0.3, 0.4) is 0 Å². The van der Waals surface area contributed by atoms with Crippen molar-refractivity contribution in [1.29, 1.82) is 0 Å². The van der Waals surface area contributed by atoms with Crippen molar-refractivity contribution in [2.24, 2.45) is 0 Å². The van der Waals surface area contributed by atoms with E-state index in [0.717, 1.165) is 32.8 Å². The van der Waals surface area contributed by atoms with E-state index < -0.39 is 6.10 Å². The van der Waals surface area contributed by atoms with Gasteiger partial charge in [-0.3, -0.25) is 4.98 Å². The molecule has 0 fully saturated rings. The van der Waals surface area contributed by atoms with E-state index in [1.54, 1.807) is 19.5 Å². The van der Waals surface area contributed by atoms with Crippen molar-refractivity contribution in [3.63, 3.8) is 0 Å². The number of thiophene rings is 1. The van der Waals surface area contributed by atoms with Crippen LogP contribution in [0.1, 0.15) is 29.3 Å². The third-order valence-corrected chi connectivity index (χ3v) is 5.35. The lowest BCUT2D eigenvalue weighted by Gasteiger charge is -2.06. The summed E-state index contributed by atoms with van der Waals surface area (Å²) in [4.78, 5) is 19.5. The molecule has 7 heteroatoms. The molecule has 0 amide bonds. The molecule has 0 radical (unpaired) electrons. The highest BCUT2D eigenvalue weighted by molar-refractivity contribution is 7.18. The second kappa shape index (κ2) is 7.38. The zero-order valence-corrected chi connectivity index (χ0v) is 15.8. The maximum Gasteiger partial charge on any atom is 0.213 e. The van der Waals surface area contributed by atoms with Gasteiger partial charge in [0.25, 0.3) is 0 Å². The van der Waals surface area contributed by atoms with Crippen molar-refractivity contribution in [3.05, 3.63) is 65.1 Å². The highest BCUT2D eigenvalue weighted by Gasteiger charge is 2.18. The molecule has 27 heavy (non-hydrogen) atoms. The van der Waals surface area contributed by atoms with Crippen LogP contribution in [0.15, 0.2) is 48.8 Å². The summed E-state index contributed by atoms with van der Waals surface area (Å²) < 4.78 is 5.20. The summed E-state index contributed by atoms with van der Waals surface area (Å²) in [7, 11) is 1.58. The Morgan fingerprint density at radius 2 is 2.00 bits per heavy atom. The summed E-state index contributed by atoms with van der Waals surface area (Å²) in [6.45, 7) is 2.06. The molecule has 1 unspecified atom stereocenters. The molecule has 4 rings (SSSR count). The number of ether oxygens (including phenoxy) is 1. The third kappa shape index (κ3) is 3.39. The standard InChI is InChI=1S/C20H18N4O2S/c1-3-14-13-11-16(18(25)15-6-4-5-8-21-15)27-20(13)24-19(23-14)12-7-9-22-17(10-12)26-2/h4-11,18,25H,3H2,1-2H3. The molecule has 4 aromatic rings. The molecule has 1 N–H and O–H groups in total.